The summed E-state index contributed by atoms with van der Waals surface area (Å²) >= 11 is 0. The monoisotopic (exact) mass is 238 g/mol. The van der Waals surface area contributed by atoms with E-state index in [4.69, 9.17) is 0 Å². The van der Waals surface area contributed by atoms with Gasteiger partial charge in [0.2, 0.25) is 5.78 Å². The summed E-state index contributed by atoms with van der Waals surface area (Å²) in [6.45, 7) is 5.05. The Morgan fingerprint density at radius 3 is 2.18 bits per heavy atom. The van der Waals surface area contributed by atoms with Crippen molar-refractivity contribution in [2.75, 3.05) is 0 Å². The van der Waals surface area contributed by atoms with E-state index in [1.54, 1.807) is 26.0 Å². The number of hydrogen-bond acceptors (Lipinski definition) is 3. The fraction of sp³-hybridized carbons (Fsp3) is 0.385. The third kappa shape index (κ3) is 3.66. The molecule has 1 aromatic carbocycles. The Labute approximate surface area is 99.6 Å². The predicted octanol–water partition coefficient (Wildman–Crippen LogP) is 2.47. The van der Waals surface area contributed by atoms with Gasteiger partial charge in [-0.1, -0.05) is 29.8 Å². The molecule has 1 aromatic rings. The van der Waals surface area contributed by atoms with Crippen LogP contribution in [0.4, 0.5) is 4.39 Å². The Morgan fingerprint density at radius 1 is 1.18 bits per heavy atom. The second-order valence-electron chi connectivity index (χ2n) is 4.08. The maximum atomic E-state index is 13.5. The van der Waals surface area contributed by atoms with Crippen LogP contribution in [0.3, 0.4) is 0 Å². The number of carbonyl (C=O) groups is 2. The number of halogens is 1. The van der Waals surface area contributed by atoms with E-state index in [-0.39, 0.29) is 5.56 Å². The summed E-state index contributed by atoms with van der Waals surface area (Å²) < 4.78 is 18.2. The van der Waals surface area contributed by atoms with Gasteiger partial charge in [-0.15, -0.1) is 0 Å². The van der Waals surface area contributed by atoms with Crippen LogP contribution in [0.15, 0.2) is 24.3 Å². The fourth-order valence-corrected chi connectivity index (χ4v) is 1.26. The van der Waals surface area contributed by atoms with E-state index >= 15 is 0 Å². The lowest BCUT2D eigenvalue weighted by Gasteiger charge is -2.10. The molecule has 1 atom stereocenters. The van der Waals surface area contributed by atoms with Crippen LogP contribution in [0.5, 0.6) is 0 Å². The van der Waals surface area contributed by atoms with Gasteiger partial charge in [0, 0.05) is 5.56 Å². The molecule has 1 unspecified atom stereocenters. The van der Waals surface area contributed by atoms with Crippen molar-refractivity contribution in [2.45, 2.75) is 33.0 Å². The number of rotatable bonds is 4. The molecule has 0 spiro atoms. The highest BCUT2D eigenvalue weighted by Crippen LogP contribution is 2.10. The lowest BCUT2D eigenvalue weighted by atomic mass is 10.1. The number of ether oxygens (including phenoxy) is 1. The van der Waals surface area contributed by atoms with Gasteiger partial charge in [0.1, 0.15) is 0 Å². The summed E-state index contributed by atoms with van der Waals surface area (Å²) in [5.74, 6) is -2.00. The van der Waals surface area contributed by atoms with Gasteiger partial charge < -0.3 is 4.74 Å². The molecule has 0 N–H and O–H groups in total. The summed E-state index contributed by atoms with van der Waals surface area (Å²) in [5.41, 5.74) is 1.13. The Hall–Kier alpha value is -1.71. The van der Waals surface area contributed by atoms with Gasteiger partial charge in [0.05, 0.1) is 6.10 Å². The van der Waals surface area contributed by atoms with Crippen molar-refractivity contribution in [3.05, 3.63) is 35.4 Å². The molecule has 4 heteroatoms. The minimum absolute atomic E-state index is 0.170. The van der Waals surface area contributed by atoms with Crippen molar-refractivity contribution < 1.29 is 18.7 Å². The zero-order valence-corrected chi connectivity index (χ0v) is 10.1. The molecule has 0 saturated heterocycles. The van der Waals surface area contributed by atoms with E-state index in [1.807, 2.05) is 6.92 Å². The highest BCUT2D eigenvalue weighted by Gasteiger charge is 2.29. The third-order valence-corrected chi connectivity index (χ3v) is 2.13. The van der Waals surface area contributed by atoms with Gasteiger partial charge in [-0.05, 0) is 20.8 Å². The largest absolute Gasteiger partial charge is 0.460 e. The first kappa shape index (κ1) is 13.4. The molecule has 0 aliphatic heterocycles. The van der Waals surface area contributed by atoms with Crippen LogP contribution >= 0.6 is 0 Å². The number of ketones is 1. The average molecular weight is 238 g/mol. The molecule has 3 nitrogen and oxygen atoms in total. The van der Waals surface area contributed by atoms with Crippen molar-refractivity contribution in [3.63, 3.8) is 0 Å². The van der Waals surface area contributed by atoms with E-state index in [0.29, 0.717) is 0 Å². The van der Waals surface area contributed by atoms with Crippen LogP contribution in [0.2, 0.25) is 0 Å². The smallest absolute Gasteiger partial charge is 0.349 e. The number of benzene rings is 1. The predicted molar refractivity (Wildman–Crippen MR) is 61.6 cm³/mol. The van der Waals surface area contributed by atoms with Crippen LogP contribution in [0, 0.1) is 6.92 Å². The van der Waals surface area contributed by atoms with Crippen molar-refractivity contribution in [1.82, 2.24) is 0 Å². The Bertz CT molecular complexity index is 409. The van der Waals surface area contributed by atoms with E-state index in [1.165, 1.54) is 12.1 Å². The van der Waals surface area contributed by atoms with Gasteiger partial charge in [0.15, 0.2) is 0 Å². The molecule has 17 heavy (non-hydrogen) atoms. The first-order chi connectivity index (χ1) is 7.91. The molecule has 0 amide bonds. The first-order valence-corrected chi connectivity index (χ1v) is 5.37. The van der Waals surface area contributed by atoms with Crippen molar-refractivity contribution in [1.29, 1.82) is 0 Å². The molecule has 0 bridgehead atoms. The third-order valence-electron chi connectivity index (χ3n) is 2.13. The number of Topliss-reactive ketones (excluding diaryl/α,β-unsaturated/α-hetero) is 1. The second kappa shape index (κ2) is 5.57. The van der Waals surface area contributed by atoms with E-state index in [2.05, 4.69) is 4.74 Å². The minimum atomic E-state index is -2.25. The van der Waals surface area contributed by atoms with Gasteiger partial charge in [-0.3, -0.25) is 4.79 Å². The standard InChI is InChI=1S/C13H15FO3/c1-8(2)17-13(16)11(14)12(15)10-6-4-9(3)5-7-10/h4-8,11H,1-3H3. The fourth-order valence-electron chi connectivity index (χ4n) is 1.26. The summed E-state index contributed by atoms with van der Waals surface area (Å²) in [6.07, 6.45) is -2.69. The highest BCUT2D eigenvalue weighted by atomic mass is 19.1. The topological polar surface area (TPSA) is 43.4 Å². The Morgan fingerprint density at radius 2 is 1.71 bits per heavy atom. The number of hydrogen-bond donors (Lipinski definition) is 0. The first-order valence-electron chi connectivity index (χ1n) is 5.37. The lowest BCUT2D eigenvalue weighted by Crippen LogP contribution is -2.29. The Balaban J connectivity index is 2.76. The van der Waals surface area contributed by atoms with Gasteiger partial charge in [-0.25, -0.2) is 9.18 Å². The van der Waals surface area contributed by atoms with Crippen LogP contribution in [-0.2, 0) is 9.53 Å². The number of aryl methyl sites for hydroxylation is 1. The molecule has 0 saturated carbocycles. The van der Waals surface area contributed by atoms with Crippen molar-refractivity contribution in [2.24, 2.45) is 0 Å². The number of alkyl halides is 1. The van der Waals surface area contributed by atoms with Crippen LogP contribution in [0.1, 0.15) is 29.8 Å². The SMILES string of the molecule is Cc1ccc(C(=O)C(F)C(=O)OC(C)C)cc1. The zero-order chi connectivity index (χ0) is 13.0. The van der Waals surface area contributed by atoms with Crippen LogP contribution in [-0.4, -0.2) is 24.0 Å². The van der Waals surface area contributed by atoms with E-state index in [9.17, 15) is 14.0 Å². The molecule has 0 aromatic heterocycles. The van der Waals surface area contributed by atoms with Gasteiger partial charge >= 0.3 is 5.97 Å². The highest BCUT2D eigenvalue weighted by molar-refractivity contribution is 6.11. The molecular weight excluding hydrogens is 223 g/mol. The number of esters is 1. The normalized spacial score (nSPS) is 12.3. The molecule has 92 valence electrons. The average Bonchev–Trinajstić information content (AvgIpc) is 2.27. The Kier molecular flexibility index (Phi) is 4.37. The summed E-state index contributed by atoms with van der Waals surface area (Å²) in [5, 5.41) is 0. The molecular formula is C13H15FO3. The number of carbonyl (C=O) groups excluding carboxylic acids is 2. The van der Waals surface area contributed by atoms with Crippen LogP contribution < -0.4 is 0 Å². The summed E-state index contributed by atoms with van der Waals surface area (Å²) in [7, 11) is 0. The molecule has 0 fully saturated rings. The molecule has 0 aliphatic rings. The second-order valence-corrected chi connectivity index (χ2v) is 4.08. The quantitative estimate of drug-likeness (QED) is 0.460. The van der Waals surface area contributed by atoms with Crippen LogP contribution in [0.25, 0.3) is 0 Å². The van der Waals surface area contributed by atoms with E-state index in [0.717, 1.165) is 5.56 Å². The molecule has 0 radical (unpaired) electrons. The molecule has 1 rings (SSSR count). The van der Waals surface area contributed by atoms with Gasteiger partial charge in [-0.2, -0.15) is 0 Å². The minimum Gasteiger partial charge on any atom is -0.460 e. The molecule has 0 heterocycles. The zero-order valence-electron chi connectivity index (χ0n) is 10.1. The van der Waals surface area contributed by atoms with E-state index < -0.39 is 24.0 Å². The maximum Gasteiger partial charge on any atom is 0.349 e. The maximum absolute atomic E-state index is 13.5. The van der Waals surface area contributed by atoms with Crippen molar-refractivity contribution >= 4 is 11.8 Å². The lowest BCUT2D eigenvalue weighted by molar-refractivity contribution is -0.151. The summed E-state index contributed by atoms with van der Waals surface area (Å²) in [4.78, 5) is 22.8. The van der Waals surface area contributed by atoms with Gasteiger partial charge in [0.25, 0.3) is 6.17 Å². The van der Waals surface area contributed by atoms with Crippen molar-refractivity contribution in [3.8, 4) is 0 Å². The molecule has 0 aliphatic carbocycles. The summed E-state index contributed by atoms with van der Waals surface area (Å²) in [6, 6.07) is 6.36.